The normalized spacial score (nSPS) is 13.8. The second kappa shape index (κ2) is 10.4. The molecule has 1 heterocycles. The minimum absolute atomic E-state index is 0.0413. The van der Waals surface area contributed by atoms with Crippen molar-refractivity contribution in [2.45, 2.75) is 25.0 Å². The van der Waals surface area contributed by atoms with Crippen molar-refractivity contribution in [2.24, 2.45) is 0 Å². The van der Waals surface area contributed by atoms with Gasteiger partial charge in [-0.25, -0.2) is 0 Å². The highest BCUT2D eigenvalue weighted by Gasteiger charge is 2.23. The third-order valence-electron chi connectivity index (χ3n) is 5.09. The van der Waals surface area contributed by atoms with Gasteiger partial charge >= 0.3 is 0 Å². The van der Waals surface area contributed by atoms with E-state index in [2.05, 4.69) is 32.5 Å². The van der Waals surface area contributed by atoms with Crippen LogP contribution in [-0.2, 0) is 22.4 Å². The summed E-state index contributed by atoms with van der Waals surface area (Å²) in [4.78, 5) is 26.0. The Morgan fingerprint density at radius 1 is 1.19 bits per heavy atom. The molecule has 0 fully saturated rings. The molecule has 0 saturated carbocycles. The van der Waals surface area contributed by atoms with Crippen LogP contribution in [0.2, 0.25) is 5.02 Å². The second-order valence-electron chi connectivity index (χ2n) is 7.35. The summed E-state index contributed by atoms with van der Waals surface area (Å²) in [6.07, 6.45) is 0.752. The topological polar surface area (TPSA) is 103 Å². The molecule has 8 heteroatoms. The van der Waals surface area contributed by atoms with E-state index in [-0.39, 0.29) is 18.6 Å². The Labute approximate surface area is 185 Å². The molecule has 1 aliphatic rings. The number of likely N-dealkylation sites (N-methyl/N-ethyl adjacent to an activating group) is 1. The molecule has 0 saturated heterocycles. The van der Waals surface area contributed by atoms with Crippen molar-refractivity contribution in [3.8, 4) is 0 Å². The fourth-order valence-electron chi connectivity index (χ4n) is 3.55. The minimum atomic E-state index is -1.04. The number of halogens is 1. The lowest BCUT2D eigenvalue weighted by Crippen LogP contribution is -2.35. The third-order valence-corrected chi connectivity index (χ3v) is 5.32. The van der Waals surface area contributed by atoms with Gasteiger partial charge in [0.05, 0.1) is 6.61 Å². The number of aromatic nitrogens is 1. The van der Waals surface area contributed by atoms with Gasteiger partial charge in [-0.15, -0.1) is 0 Å². The molecule has 1 atom stereocenters. The third kappa shape index (κ3) is 5.85. The number of amides is 2. The Kier molecular flexibility index (Phi) is 7.68. The molecule has 0 bridgehead atoms. The smallest absolute Gasteiger partial charge is 0.267 e. The summed E-state index contributed by atoms with van der Waals surface area (Å²) in [6, 6.07) is 15.9. The summed E-state index contributed by atoms with van der Waals surface area (Å²) in [5.41, 5.74) is 4.16. The summed E-state index contributed by atoms with van der Waals surface area (Å²) >= 11 is 5.98. The monoisotopic (exact) mass is 443 g/mol. The molecule has 0 spiro atoms. The van der Waals surface area contributed by atoms with Crippen LogP contribution in [0.1, 0.15) is 21.6 Å². The number of carbonyl (C=O) groups excluding carboxylic acids is 2. The van der Waals surface area contributed by atoms with Crippen molar-refractivity contribution in [1.29, 1.82) is 0 Å². The SMILES string of the molecule is CNC(=O)C(O)COC.O=C(NC1Cc2ccccc2C1)c1cc2cc(Cl)ccc2[nH]1. The number of carbonyl (C=O) groups is 2. The van der Waals surface area contributed by atoms with Crippen LogP contribution in [0.25, 0.3) is 10.9 Å². The highest BCUT2D eigenvalue weighted by Crippen LogP contribution is 2.23. The summed E-state index contributed by atoms with van der Waals surface area (Å²) in [6.45, 7) is 0.0413. The van der Waals surface area contributed by atoms with Gasteiger partial charge < -0.3 is 25.5 Å². The number of hydrogen-bond donors (Lipinski definition) is 4. The van der Waals surface area contributed by atoms with Crippen LogP contribution < -0.4 is 10.6 Å². The molecule has 2 aromatic carbocycles. The van der Waals surface area contributed by atoms with Gasteiger partial charge in [-0.1, -0.05) is 35.9 Å². The van der Waals surface area contributed by atoms with E-state index < -0.39 is 12.0 Å². The number of rotatable bonds is 5. The average Bonchev–Trinajstić information content (AvgIpc) is 3.36. The first-order valence-corrected chi connectivity index (χ1v) is 10.3. The van der Waals surface area contributed by atoms with E-state index in [4.69, 9.17) is 16.7 Å². The van der Waals surface area contributed by atoms with Crippen LogP contribution in [0, 0.1) is 0 Å². The quantitative estimate of drug-likeness (QED) is 0.486. The molecule has 1 aliphatic carbocycles. The van der Waals surface area contributed by atoms with Gasteiger partial charge in [-0.2, -0.15) is 0 Å². The molecular weight excluding hydrogens is 418 g/mol. The molecule has 1 aromatic heterocycles. The average molecular weight is 444 g/mol. The van der Waals surface area contributed by atoms with E-state index in [1.807, 2.05) is 36.4 Å². The maximum atomic E-state index is 12.4. The Morgan fingerprint density at radius 3 is 2.48 bits per heavy atom. The van der Waals surface area contributed by atoms with Gasteiger partial charge in [0.2, 0.25) is 0 Å². The van der Waals surface area contributed by atoms with E-state index in [0.717, 1.165) is 23.7 Å². The standard InChI is InChI=1S/C18H15ClN2O.C5H11NO3/c19-14-5-6-16-13(7-14)10-17(21-16)18(22)20-15-8-11-3-1-2-4-12(11)9-15;1-6-5(8)4(7)3-9-2/h1-7,10,15,21H,8-9H2,(H,20,22);4,7H,3H2,1-2H3,(H,6,8). The number of aliphatic hydroxyl groups is 1. The molecule has 3 aromatic rings. The lowest BCUT2D eigenvalue weighted by Gasteiger charge is -2.10. The Hall–Kier alpha value is -2.87. The van der Waals surface area contributed by atoms with Crippen molar-refractivity contribution in [3.05, 3.63) is 70.4 Å². The van der Waals surface area contributed by atoms with Crippen LogP contribution >= 0.6 is 11.6 Å². The van der Waals surface area contributed by atoms with Gasteiger partial charge in [-0.05, 0) is 48.2 Å². The van der Waals surface area contributed by atoms with Gasteiger partial charge in [0.25, 0.3) is 11.8 Å². The number of nitrogens with one attached hydrogen (secondary N) is 3. The van der Waals surface area contributed by atoms with E-state index in [1.165, 1.54) is 25.3 Å². The van der Waals surface area contributed by atoms with Gasteiger partial charge in [0.15, 0.2) is 6.10 Å². The second-order valence-corrected chi connectivity index (χ2v) is 7.78. The first-order chi connectivity index (χ1) is 14.9. The summed E-state index contributed by atoms with van der Waals surface area (Å²) in [7, 11) is 2.88. The molecular formula is C23H26ClN3O4. The molecule has 4 N–H and O–H groups in total. The first-order valence-electron chi connectivity index (χ1n) is 9.95. The van der Waals surface area contributed by atoms with Crippen molar-refractivity contribution in [3.63, 3.8) is 0 Å². The van der Waals surface area contributed by atoms with E-state index in [1.54, 1.807) is 0 Å². The predicted octanol–water partition coefficient (Wildman–Crippen LogP) is 2.46. The summed E-state index contributed by atoms with van der Waals surface area (Å²) in [5.74, 6) is -0.484. The maximum Gasteiger partial charge on any atom is 0.267 e. The Balaban J connectivity index is 0.000000259. The van der Waals surface area contributed by atoms with Gasteiger partial charge in [0.1, 0.15) is 5.69 Å². The lowest BCUT2D eigenvalue weighted by molar-refractivity contribution is -0.131. The fourth-order valence-corrected chi connectivity index (χ4v) is 3.73. The van der Waals surface area contributed by atoms with Crippen molar-refractivity contribution in [1.82, 2.24) is 15.6 Å². The zero-order chi connectivity index (χ0) is 22.4. The van der Waals surface area contributed by atoms with Crippen LogP contribution in [-0.4, -0.2) is 54.8 Å². The van der Waals surface area contributed by atoms with Crippen molar-refractivity contribution in [2.75, 3.05) is 20.8 Å². The molecule has 2 amide bonds. The highest BCUT2D eigenvalue weighted by atomic mass is 35.5. The minimum Gasteiger partial charge on any atom is -0.381 e. The van der Waals surface area contributed by atoms with Crippen LogP contribution in [0.3, 0.4) is 0 Å². The zero-order valence-electron chi connectivity index (χ0n) is 17.4. The number of benzene rings is 2. The molecule has 7 nitrogen and oxygen atoms in total. The van der Waals surface area contributed by atoms with E-state index in [9.17, 15) is 9.59 Å². The van der Waals surface area contributed by atoms with Crippen LogP contribution in [0.5, 0.6) is 0 Å². The van der Waals surface area contributed by atoms with E-state index in [0.29, 0.717) is 10.7 Å². The molecule has 1 unspecified atom stereocenters. The predicted molar refractivity (Wildman–Crippen MR) is 120 cm³/mol. The lowest BCUT2D eigenvalue weighted by atomic mass is 10.1. The zero-order valence-corrected chi connectivity index (χ0v) is 18.2. The fraction of sp³-hybridized carbons (Fsp3) is 0.304. The number of fused-ring (bicyclic) bond motifs is 2. The number of hydrogen-bond acceptors (Lipinski definition) is 4. The molecule has 4 rings (SSSR count). The maximum absolute atomic E-state index is 12.4. The Morgan fingerprint density at radius 2 is 1.87 bits per heavy atom. The molecule has 31 heavy (non-hydrogen) atoms. The number of aliphatic hydroxyl groups excluding tert-OH is 1. The molecule has 0 aliphatic heterocycles. The number of aromatic amines is 1. The number of methoxy groups -OCH3 is 1. The molecule has 0 radical (unpaired) electrons. The number of ether oxygens (including phenoxy) is 1. The summed E-state index contributed by atoms with van der Waals surface area (Å²) in [5, 5.41) is 15.8. The van der Waals surface area contributed by atoms with Gasteiger partial charge in [-0.3, -0.25) is 9.59 Å². The van der Waals surface area contributed by atoms with Crippen molar-refractivity contribution < 1.29 is 19.4 Å². The highest BCUT2D eigenvalue weighted by molar-refractivity contribution is 6.31. The first kappa shape index (κ1) is 22.8. The van der Waals surface area contributed by atoms with Crippen LogP contribution in [0.4, 0.5) is 0 Å². The summed E-state index contributed by atoms with van der Waals surface area (Å²) < 4.78 is 4.52. The Bertz CT molecular complexity index is 1040. The largest absolute Gasteiger partial charge is 0.381 e. The van der Waals surface area contributed by atoms with Crippen LogP contribution in [0.15, 0.2) is 48.5 Å². The van der Waals surface area contributed by atoms with Gasteiger partial charge in [0, 0.05) is 36.1 Å². The van der Waals surface area contributed by atoms with Crippen molar-refractivity contribution >= 4 is 34.3 Å². The van der Waals surface area contributed by atoms with E-state index >= 15 is 0 Å². The number of H-pyrrole nitrogens is 1. The molecule has 164 valence electrons.